The number of hydrogen-bond donors (Lipinski definition) is 2. The van der Waals surface area contributed by atoms with E-state index in [1.807, 2.05) is 36.4 Å². The maximum absolute atomic E-state index is 6.09. The number of aromatic nitrogens is 1. The number of nitrogens with one attached hydrogen (secondary N) is 1. The molecule has 0 radical (unpaired) electrons. The van der Waals surface area contributed by atoms with Crippen molar-refractivity contribution in [2.45, 2.75) is 25.9 Å². The van der Waals surface area contributed by atoms with E-state index in [1.165, 1.54) is 10.9 Å². The fraction of sp³-hybridized carbons (Fsp3) is 0.231. The van der Waals surface area contributed by atoms with Crippen LogP contribution in [0.25, 0.3) is 22.2 Å². The number of benzene rings is 3. The first-order chi connectivity index (χ1) is 15.2. The molecule has 0 bridgehead atoms. The molecule has 4 rings (SSSR count). The zero-order valence-corrected chi connectivity index (χ0v) is 19.2. The van der Waals surface area contributed by atoms with Crippen LogP contribution >= 0.6 is 15.9 Å². The zero-order chi connectivity index (χ0) is 21.6. The third-order valence-electron chi connectivity index (χ3n) is 5.44. The number of aryl methyl sites for hydroxylation is 1. The number of nitrogens with two attached hydrogens (primary N) is 1. The molecule has 3 aromatic carbocycles. The first-order valence-corrected chi connectivity index (χ1v) is 11.3. The lowest BCUT2D eigenvalue weighted by Crippen LogP contribution is -1.99. The lowest BCUT2D eigenvalue weighted by Gasteiger charge is -2.11. The van der Waals surface area contributed by atoms with Crippen molar-refractivity contribution in [3.63, 3.8) is 0 Å². The number of fused-ring (bicyclic) bond motifs is 1. The van der Waals surface area contributed by atoms with Crippen LogP contribution in [0, 0.1) is 0 Å². The lowest BCUT2D eigenvalue weighted by atomic mass is 9.99. The van der Waals surface area contributed by atoms with Gasteiger partial charge in [0.25, 0.3) is 0 Å². The van der Waals surface area contributed by atoms with Crippen LogP contribution < -0.4 is 15.2 Å². The van der Waals surface area contributed by atoms with Crippen molar-refractivity contribution >= 4 is 26.8 Å². The minimum Gasteiger partial charge on any atom is -0.496 e. The van der Waals surface area contributed by atoms with Gasteiger partial charge in [0.2, 0.25) is 0 Å². The Bertz CT molecular complexity index is 1160. The number of aromatic amines is 1. The molecule has 0 amide bonds. The van der Waals surface area contributed by atoms with Crippen molar-refractivity contribution in [3.8, 4) is 22.8 Å². The summed E-state index contributed by atoms with van der Waals surface area (Å²) in [5, 5.41) is 1.18. The fourth-order valence-corrected chi connectivity index (χ4v) is 4.23. The topological polar surface area (TPSA) is 60.3 Å². The molecule has 0 spiro atoms. The van der Waals surface area contributed by atoms with Gasteiger partial charge in [0.05, 0.1) is 12.8 Å². The van der Waals surface area contributed by atoms with E-state index in [-0.39, 0.29) is 0 Å². The highest BCUT2D eigenvalue weighted by Crippen LogP contribution is 2.39. The van der Waals surface area contributed by atoms with Gasteiger partial charge in [-0.2, -0.15) is 0 Å². The highest BCUT2D eigenvalue weighted by Gasteiger charge is 2.17. The van der Waals surface area contributed by atoms with Crippen LogP contribution in [0.15, 0.2) is 71.2 Å². The average Bonchev–Trinajstić information content (AvgIpc) is 3.16. The summed E-state index contributed by atoms with van der Waals surface area (Å²) in [6, 6.07) is 22.6. The summed E-state index contributed by atoms with van der Waals surface area (Å²) in [6.07, 6.45) is 2.96. The Morgan fingerprint density at radius 1 is 0.968 bits per heavy atom. The molecule has 5 heteroatoms. The zero-order valence-electron chi connectivity index (χ0n) is 17.7. The van der Waals surface area contributed by atoms with E-state index < -0.39 is 0 Å². The number of H-pyrrole nitrogens is 1. The average molecular weight is 479 g/mol. The van der Waals surface area contributed by atoms with Crippen molar-refractivity contribution in [1.29, 1.82) is 0 Å². The Labute approximate surface area is 191 Å². The van der Waals surface area contributed by atoms with Gasteiger partial charge < -0.3 is 20.2 Å². The van der Waals surface area contributed by atoms with Crippen LogP contribution in [0.2, 0.25) is 0 Å². The van der Waals surface area contributed by atoms with Gasteiger partial charge in [-0.15, -0.1) is 0 Å². The quantitative estimate of drug-likeness (QED) is 0.271. The standard InChI is InChI=1S/C26H27BrN2O2/c1-30-25-13-10-19(27)15-23(25)26-21(9-5-6-14-28)22-16-20(11-12-24(22)29-26)31-17-18-7-3-2-4-8-18/h2-4,7-8,10-13,15-16,29H,5-6,9,14,17,28H2,1H3. The second-order valence-electron chi connectivity index (χ2n) is 7.55. The van der Waals surface area contributed by atoms with Crippen LogP contribution in [0.3, 0.4) is 0 Å². The highest BCUT2D eigenvalue weighted by atomic mass is 79.9. The molecule has 31 heavy (non-hydrogen) atoms. The minimum atomic E-state index is 0.547. The molecular formula is C26H27BrN2O2. The molecule has 4 aromatic rings. The van der Waals surface area contributed by atoms with E-state index in [2.05, 4.69) is 51.2 Å². The summed E-state index contributed by atoms with van der Waals surface area (Å²) in [7, 11) is 1.71. The molecule has 0 saturated carbocycles. The number of ether oxygens (including phenoxy) is 2. The van der Waals surface area contributed by atoms with Crippen LogP contribution in [0.1, 0.15) is 24.0 Å². The van der Waals surface area contributed by atoms with Crippen molar-refractivity contribution in [3.05, 3.63) is 82.3 Å². The van der Waals surface area contributed by atoms with E-state index in [0.29, 0.717) is 13.2 Å². The Morgan fingerprint density at radius 3 is 2.58 bits per heavy atom. The predicted molar refractivity (Wildman–Crippen MR) is 131 cm³/mol. The summed E-state index contributed by atoms with van der Waals surface area (Å²) >= 11 is 3.60. The summed E-state index contributed by atoms with van der Waals surface area (Å²) in [5.41, 5.74) is 11.4. The molecule has 0 aliphatic heterocycles. The van der Waals surface area contributed by atoms with E-state index in [0.717, 1.165) is 57.6 Å². The molecule has 0 fully saturated rings. The third kappa shape index (κ3) is 4.94. The normalized spacial score (nSPS) is 11.1. The predicted octanol–water partition coefficient (Wildman–Crippen LogP) is 6.47. The van der Waals surface area contributed by atoms with Crippen LogP contribution in [0.4, 0.5) is 0 Å². The summed E-state index contributed by atoms with van der Waals surface area (Å²) in [5.74, 6) is 1.71. The first kappa shape index (κ1) is 21.5. The molecule has 0 aliphatic rings. The van der Waals surface area contributed by atoms with Crippen molar-refractivity contribution in [2.75, 3.05) is 13.7 Å². The monoisotopic (exact) mass is 478 g/mol. The number of unbranched alkanes of at least 4 members (excludes halogenated alkanes) is 1. The molecule has 0 atom stereocenters. The molecule has 160 valence electrons. The Morgan fingerprint density at radius 2 is 1.81 bits per heavy atom. The van der Waals surface area contributed by atoms with Gasteiger partial charge in [0.15, 0.2) is 0 Å². The fourth-order valence-electron chi connectivity index (χ4n) is 3.87. The summed E-state index contributed by atoms with van der Waals surface area (Å²) in [6.45, 7) is 1.24. The lowest BCUT2D eigenvalue weighted by molar-refractivity contribution is 0.306. The van der Waals surface area contributed by atoms with Gasteiger partial charge >= 0.3 is 0 Å². The number of methoxy groups -OCH3 is 1. The number of halogens is 1. The van der Waals surface area contributed by atoms with Crippen molar-refractivity contribution < 1.29 is 9.47 Å². The second-order valence-corrected chi connectivity index (χ2v) is 8.47. The van der Waals surface area contributed by atoms with Crippen LogP contribution in [-0.2, 0) is 13.0 Å². The Hall–Kier alpha value is -2.76. The van der Waals surface area contributed by atoms with Gasteiger partial charge in [0, 0.05) is 20.9 Å². The molecule has 0 saturated heterocycles. The second kappa shape index (κ2) is 10.0. The third-order valence-corrected chi connectivity index (χ3v) is 5.93. The maximum Gasteiger partial charge on any atom is 0.128 e. The number of rotatable bonds is 9. The minimum absolute atomic E-state index is 0.547. The molecule has 4 nitrogen and oxygen atoms in total. The first-order valence-electron chi connectivity index (χ1n) is 10.5. The molecule has 0 unspecified atom stereocenters. The van der Waals surface area contributed by atoms with E-state index >= 15 is 0 Å². The van der Waals surface area contributed by atoms with Crippen molar-refractivity contribution in [1.82, 2.24) is 4.98 Å². The SMILES string of the molecule is COc1ccc(Br)cc1-c1[nH]c2ccc(OCc3ccccc3)cc2c1CCCCN. The molecule has 0 aliphatic carbocycles. The Kier molecular flexibility index (Phi) is 6.95. The number of hydrogen-bond acceptors (Lipinski definition) is 3. The van der Waals surface area contributed by atoms with Gasteiger partial charge in [-0.25, -0.2) is 0 Å². The molecule has 3 N–H and O–H groups in total. The molecule has 1 aromatic heterocycles. The molecule has 1 heterocycles. The Balaban J connectivity index is 1.74. The van der Waals surface area contributed by atoms with E-state index in [9.17, 15) is 0 Å². The summed E-state index contributed by atoms with van der Waals surface area (Å²) < 4.78 is 12.8. The van der Waals surface area contributed by atoms with Crippen LogP contribution in [0.5, 0.6) is 11.5 Å². The van der Waals surface area contributed by atoms with Gasteiger partial charge in [-0.1, -0.05) is 46.3 Å². The van der Waals surface area contributed by atoms with Gasteiger partial charge in [-0.3, -0.25) is 0 Å². The maximum atomic E-state index is 6.09. The largest absolute Gasteiger partial charge is 0.496 e. The van der Waals surface area contributed by atoms with Crippen molar-refractivity contribution in [2.24, 2.45) is 5.73 Å². The van der Waals surface area contributed by atoms with Gasteiger partial charge in [-0.05, 0) is 73.3 Å². The summed E-state index contributed by atoms with van der Waals surface area (Å²) in [4.78, 5) is 3.62. The highest BCUT2D eigenvalue weighted by molar-refractivity contribution is 9.10. The smallest absolute Gasteiger partial charge is 0.128 e. The van der Waals surface area contributed by atoms with Crippen LogP contribution in [-0.4, -0.2) is 18.6 Å². The molecular weight excluding hydrogens is 452 g/mol. The van der Waals surface area contributed by atoms with E-state index in [1.54, 1.807) is 7.11 Å². The van der Waals surface area contributed by atoms with E-state index in [4.69, 9.17) is 15.2 Å². The van der Waals surface area contributed by atoms with Gasteiger partial charge in [0.1, 0.15) is 18.1 Å².